The lowest BCUT2D eigenvalue weighted by Crippen LogP contribution is -2.34. The molecule has 0 saturated heterocycles. The van der Waals surface area contributed by atoms with Crippen LogP contribution in [0.5, 0.6) is 0 Å². The second-order valence-corrected chi connectivity index (χ2v) is 8.02. The lowest BCUT2D eigenvalue weighted by atomic mass is 9.78. The van der Waals surface area contributed by atoms with Gasteiger partial charge in [0, 0.05) is 17.4 Å². The number of carbonyl (C=O) groups excluding carboxylic acids is 2. The van der Waals surface area contributed by atoms with E-state index in [-0.39, 0.29) is 29.3 Å². The topological polar surface area (TPSA) is 55.4 Å². The average molecular weight is 442 g/mol. The molecule has 1 amide bonds. The van der Waals surface area contributed by atoms with Crippen molar-refractivity contribution in [2.75, 3.05) is 7.11 Å². The molecule has 0 aliphatic heterocycles. The van der Waals surface area contributed by atoms with Crippen LogP contribution in [0.1, 0.15) is 30.4 Å². The number of amides is 1. The highest BCUT2D eigenvalue weighted by Crippen LogP contribution is 2.38. The van der Waals surface area contributed by atoms with Crippen LogP contribution in [0.25, 0.3) is 0 Å². The summed E-state index contributed by atoms with van der Waals surface area (Å²) >= 11 is 3.41. The summed E-state index contributed by atoms with van der Waals surface area (Å²) in [6, 6.07) is 17.7. The van der Waals surface area contributed by atoms with E-state index in [9.17, 15) is 9.59 Å². The Hall–Kier alpha value is -2.40. The Balaban J connectivity index is 1.82. The molecular formula is C23H24BrNO3. The van der Waals surface area contributed by atoms with E-state index < -0.39 is 5.92 Å². The molecule has 5 heteroatoms. The van der Waals surface area contributed by atoms with Crippen LogP contribution in [0.2, 0.25) is 0 Å². The largest absolute Gasteiger partial charge is 0.493 e. The van der Waals surface area contributed by atoms with Crippen LogP contribution in [0.4, 0.5) is 0 Å². The Kier molecular flexibility index (Phi) is 6.68. The third-order valence-electron chi connectivity index (χ3n) is 5.34. The number of benzene rings is 2. The first-order chi connectivity index (χ1) is 13.5. The number of halogens is 1. The molecule has 1 N–H and O–H groups in total. The van der Waals surface area contributed by atoms with Crippen LogP contribution >= 0.6 is 15.9 Å². The summed E-state index contributed by atoms with van der Waals surface area (Å²) in [4.78, 5) is 25.6. The molecule has 0 radical (unpaired) electrons. The fourth-order valence-corrected chi connectivity index (χ4v) is 3.94. The number of carbonyl (C=O) groups is 2. The minimum Gasteiger partial charge on any atom is -0.493 e. The van der Waals surface area contributed by atoms with E-state index in [1.54, 1.807) is 6.08 Å². The Bertz CT molecular complexity index is 861. The maximum atomic E-state index is 13.0. The molecule has 0 saturated carbocycles. The summed E-state index contributed by atoms with van der Waals surface area (Å²) < 4.78 is 6.30. The summed E-state index contributed by atoms with van der Waals surface area (Å²) in [6.07, 6.45) is 2.02. The number of ketones is 1. The third kappa shape index (κ3) is 4.71. The molecule has 1 aliphatic rings. The van der Waals surface area contributed by atoms with Gasteiger partial charge in [-0.3, -0.25) is 9.59 Å². The zero-order valence-corrected chi connectivity index (χ0v) is 17.6. The molecule has 3 atom stereocenters. The molecule has 146 valence electrons. The second-order valence-electron chi connectivity index (χ2n) is 7.11. The van der Waals surface area contributed by atoms with Gasteiger partial charge in [0.05, 0.1) is 13.0 Å². The number of hydrogen-bond acceptors (Lipinski definition) is 3. The highest BCUT2D eigenvalue weighted by Gasteiger charge is 2.36. The summed E-state index contributed by atoms with van der Waals surface area (Å²) in [7, 11) is 1.48. The fraction of sp³-hybridized carbons (Fsp3) is 0.304. The van der Waals surface area contributed by atoms with Crippen molar-refractivity contribution in [3.8, 4) is 0 Å². The van der Waals surface area contributed by atoms with Crippen molar-refractivity contribution in [2.45, 2.75) is 25.8 Å². The molecule has 2 unspecified atom stereocenters. The van der Waals surface area contributed by atoms with Gasteiger partial charge in [-0.1, -0.05) is 65.3 Å². The SMILES string of the molecule is COC1=C[C@H](C(=O)NCc2ccc(Br)cc2)C(C)C(c2ccccc2)CC1=O. The van der Waals surface area contributed by atoms with Gasteiger partial charge in [0.25, 0.3) is 0 Å². The Morgan fingerprint density at radius 3 is 2.46 bits per heavy atom. The molecule has 3 rings (SSSR count). The molecule has 0 spiro atoms. The monoisotopic (exact) mass is 441 g/mol. The molecule has 0 bridgehead atoms. The Morgan fingerprint density at radius 2 is 1.82 bits per heavy atom. The van der Waals surface area contributed by atoms with Crippen molar-refractivity contribution in [1.29, 1.82) is 0 Å². The number of nitrogens with one attached hydrogen (secondary N) is 1. The van der Waals surface area contributed by atoms with Crippen LogP contribution < -0.4 is 5.32 Å². The minimum atomic E-state index is -0.443. The quantitative estimate of drug-likeness (QED) is 0.736. The van der Waals surface area contributed by atoms with E-state index in [1.165, 1.54) is 7.11 Å². The van der Waals surface area contributed by atoms with E-state index in [0.717, 1.165) is 15.6 Å². The Morgan fingerprint density at radius 1 is 1.14 bits per heavy atom. The van der Waals surface area contributed by atoms with Crippen LogP contribution in [-0.2, 0) is 20.9 Å². The van der Waals surface area contributed by atoms with E-state index >= 15 is 0 Å². The number of rotatable bonds is 5. The minimum absolute atomic E-state index is 0.0380. The van der Waals surface area contributed by atoms with Gasteiger partial charge in [0.2, 0.25) is 5.91 Å². The van der Waals surface area contributed by atoms with Gasteiger partial charge >= 0.3 is 0 Å². The molecule has 2 aromatic carbocycles. The van der Waals surface area contributed by atoms with E-state index in [4.69, 9.17) is 4.74 Å². The van der Waals surface area contributed by atoms with Crippen molar-refractivity contribution in [1.82, 2.24) is 5.32 Å². The molecule has 0 fully saturated rings. The fourth-order valence-electron chi connectivity index (χ4n) is 3.67. The molecule has 0 heterocycles. The number of methoxy groups -OCH3 is 1. The first kappa shape index (κ1) is 20.3. The highest BCUT2D eigenvalue weighted by molar-refractivity contribution is 9.10. The van der Waals surface area contributed by atoms with Gasteiger partial charge in [0.15, 0.2) is 11.5 Å². The van der Waals surface area contributed by atoms with Crippen LogP contribution in [0.3, 0.4) is 0 Å². The average Bonchev–Trinajstić information content (AvgIpc) is 2.84. The molecule has 1 aliphatic carbocycles. The smallest absolute Gasteiger partial charge is 0.227 e. The standard InChI is InChI=1S/C23H24BrNO3/c1-15-19(17-6-4-3-5-7-17)12-21(26)22(28-2)13-20(15)23(27)25-14-16-8-10-18(24)11-9-16/h3-11,13,15,19-20H,12,14H2,1-2H3,(H,25,27)/t15?,19?,20-/m0/s1. The normalized spacial score (nSPS) is 22.2. The highest BCUT2D eigenvalue weighted by atomic mass is 79.9. The van der Waals surface area contributed by atoms with Crippen molar-refractivity contribution in [3.05, 3.63) is 82.0 Å². The number of allylic oxidation sites excluding steroid dienone is 1. The number of Topliss-reactive ketones (excluding diaryl/α,β-unsaturated/α-hetero) is 1. The van der Waals surface area contributed by atoms with Gasteiger partial charge in [-0.25, -0.2) is 0 Å². The van der Waals surface area contributed by atoms with Gasteiger partial charge in [0.1, 0.15) is 0 Å². The van der Waals surface area contributed by atoms with Gasteiger partial charge in [-0.05, 0) is 41.2 Å². The van der Waals surface area contributed by atoms with Crippen molar-refractivity contribution < 1.29 is 14.3 Å². The van der Waals surface area contributed by atoms with Crippen molar-refractivity contribution in [3.63, 3.8) is 0 Å². The van der Waals surface area contributed by atoms with Crippen LogP contribution in [0, 0.1) is 11.8 Å². The van der Waals surface area contributed by atoms with E-state index in [1.807, 2.05) is 61.5 Å². The van der Waals surface area contributed by atoms with Gasteiger partial charge in [-0.2, -0.15) is 0 Å². The molecule has 0 aromatic heterocycles. The summed E-state index contributed by atoms with van der Waals surface area (Å²) in [5.41, 5.74) is 2.09. The summed E-state index contributed by atoms with van der Waals surface area (Å²) in [6.45, 7) is 2.47. The maximum Gasteiger partial charge on any atom is 0.227 e. The number of ether oxygens (including phenoxy) is 1. The van der Waals surface area contributed by atoms with E-state index in [2.05, 4.69) is 21.2 Å². The van der Waals surface area contributed by atoms with Gasteiger partial charge < -0.3 is 10.1 Å². The van der Waals surface area contributed by atoms with Crippen molar-refractivity contribution in [2.24, 2.45) is 11.8 Å². The molecule has 28 heavy (non-hydrogen) atoms. The molecule has 2 aromatic rings. The molecular weight excluding hydrogens is 418 g/mol. The van der Waals surface area contributed by atoms with Crippen molar-refractivity contribution >= 4 is 27.6 Å². The lowest BCUT2D eigenvalue weighted by Gasteiger charge is -2.27. The Labute approximate surface area is 174 Å². The van der Waals surface area contributed by atoms with E-state index in [0.29, 0.717) is 13.0 Å². The van der Waals surface area contributed by atoms with Gasteiger partial charge in [-0.15, -0.1) is 0 Å². The molecule has 4 nitrogen and oxygen atoms in total. The maximum absolute atomic E-state index is 13.0. The first-order valence-electron chi connectivity index (χ1n) is 9.35. The zero-order valence-electron chi connectivity index (χ0n) is 16.0. The predicted molar refractivity (Wildman–Crippen MR) is 113 cm³/mol. The first-order valence-corrected chi connectivity index (χ1v) is 10.1. The zero-order chi connectivity index (χ0) is 20.1. The second kappa shape index (κ2) is 9.20. The van der Waals surface area contributed by atoms with Crippen LogP contribution in [-0.4, -0.2) is 18.8 Å². The lowest BCUT2D eigenvalue weighted by molar-refractivity contribution is -0.125. The summed E-state index contributed by atoms with van der Waals surface area (Å²) in [5.74, 6) is -0.409. The number of hydrogen-bond donors (Lipinski definition) is 1. The third-order valence-corrected chi connectivity index (χ3v) is 5.87. The van der Waals surface area contributed by atoms with Crippen LogP contribution in [0.15, 0.2) is 70.9 Å². The summed E-state index contributed by atoms with van der Waals surface area (Å²) in [5, 5.41) is 3.01. The predicted octanol–water partition coefficient (Wildman–Crippen LogP) is 4.60.